The summed E-state index contributed by atoms with van der Waals surface area (Å²) < 4.78 is 1.88. The van der Waals surface area contributed by atoms with E-state index < -0.39 is 0 Å². The Morgan fingerprint density at radius 2 is 1.85 bits per heavy atom. The molecule has 4 nitrogen and oxygen atoms in total. The maximum Gasteiger partial charge on any atom is 0.251 e. The zero-order chi connectivity index (χ0) is 17.7. The number of rotatable bonds is 3. The molecule has 0 saturated heterocycles. The fourth-order valence-electron chi connectivity index (χ4n) is 3.45. The molecule has 1 amide bonds. The van der Waals surface area contributed by atoms with Crippen molar-refractivity contribution in [2.24, 2.45) is 7.05 Å². The molecule has 0 bridgehead atoms. The first-order valence-corrected chi connectivity index (χ1v) is 8.96. The van der Waals surface area contributed by atoms with Crippen LogP contribution in [0.25, 0.3) is 32.9 Å². The maximum atomic E-state index is 12.4. The summed E-state index contributed by atoms with van der Waals surface area (Å²) in [5.41, 5.74) is 3.69. The highest BCUT2D eigenvalue weighted by Crippen LogP contribution is 2.31. The summed E-state index contributed by atoms with van der Waals surface area (Å²) >= 11 is 0. The van der Waals surface area contributed by atoms with E-state index in [1.165, 1.54) is 10.8 Å². The molecule has 1 saturated carbocycles. The van der Waals surface area contributed by atoms with Gasteiger partial charge in [0.25, 0.3) is 5.91 Å². The van der Waals surface area contributed by atoms with E-state index >= 15 is 0 Å². The number of aryl methyl sites for hydroxylation is 1. The van der Waals surface area contributed by atoms with E-state index in [1.54, 1.807) is 0 Å². The molecule has 0 atom stereocenters. The van der Waals surface area contributed by atoms with Crippen LogP contribution in [0.1, 0.15) is 23.2 Å². The van der Waals surface area contributed by atoms with Crippen molar-refractivity contribution in [2.45, 2.75) is 18.9 Å². The molecule has 1 aliphatic carbocycles. The van der Waals surface area contributed by atoms with Crippen molar-refractivity contribution in [1.29, 1.82) is 0 Å². The van der Waals surface area contributed by atoms with Crippen molar-refractivity contribution >= 4 is 27.6 Å². The molecule has 0 spiro atoms. The molecule has 1 N–H and O–H groups in total. The van der Waals surface area contributed by atoms with Gasteiger partial charge in [-0.3, -0.25) is 9.48 Å². The summed E-state index contributed by atoms with van der Waals surface area (Å²) in [6.07, 6.45) is 2.17. The lowest BCUT2D eigenvalue weighted by Gasteiger charge is -2.05. The molecule has 0 radical (unpaired) electrons. The Labute approximate surface area is 151 Å². The van der Waals surface area contributed by atoms with Crippen LogP contribution in [0.5, 0.6) is 0 Å². The predicted octanol–water partition coefficient (Wildman–Crippen LogP) is 4.29. The SMILES string of the molecule is Cn1nc(-c2ccc3ccccc3c2)c2cc(C(=O)NC3CC3)ccc21. The van der Waals surface area contributed by atoms with Gasteiger partial charge < -0.3 is 5.32 Å². The van der Waals surface area contributed by atoms with Gasteiger partial charge >= 0.3 is 0 Å². The average molecular weight is 341 g/mol. The first-order chi connectivity index (χ1) is 12.7. The van der Waals surface area contributed by atoms with Crippen LogP contribution in [0.15, 0.2) is 60.7 Å². The van der Waals surface area contributed by atoms with Crippen LogP contribution in [-0.2, 0) is 7.05 Å². The second-order valence-electron chi connectivity index (χ2n) is 7.01. The average Bonchev–Trinajstić information content (AvgIpc) is 3.43. The number of amides is 1. The van der Waals surface area contributed by atoms with E-state index in [4.69, 9.17) is 5.10 Å². The Hall–Kier alpha value is -3.14. The molecular weight excluding hydrogens is 322 g/mol. The van der Waals surface area contributed by atoms with E-state index in [0.717, 1.165) is 35.0 Å². The first-order valence-electron chi connectivity index (χ1n) is 8.96. The van der Waals surface area contributed by atoms with Crippen molar-refractivity contribution in [1.82, 2.24) is 15.1 Å². The van der Waals surface area contributed by atoms with E-state index in [-0.39, 0.29) is 5.91 Å². The van der Waals surface area contributed by atoms with Crippen LogP contribution >= 0.6 is 0 Å². The monoisotopic (exact) mass is 341 g/mol. The molecule has 3 aromatic carbocycles. The van der Waals surface area contributed by atoms with Crippen molar-refractivity contribution in [3.05, 3.63) is 66.2 Å². The molecule has 26 heavy (non-hydrogen) atoms. The molecule has 4 aromatic rings. The molecule has 0 unspecified atom stereocenters. The third-order valence-corrected chi connectivity index (χ3v) is 5.05. The molecule has 1 aromatic heterocycles. The number of hydrogen-bond donors (Lipinski definition) is 1. The van der Waals surface area contributed by atoms with Gasteiger partial charge in [-0.05, 0) is 47.9 Å². The van der Waals surface area contributed by atoms with Crippen LogP contribution in [-0.4, -0.2) is 21.7 Å². The Bertz CT molecular complexity index is 1150. The lowest BCUT2D eigenvalue weighted by molar-refractivity contribution is 0.0951. The second kappa shape index (κ2) is 5.70. The number of fused-ring (bicyclic) bond motifs is 2. The molecule has 1 fully saturated rings. The van der Waals surface area contributed by atoms with Crippen molar-refractivity contribution in [3.63, 3.8) is 0 Å². The standard InChI is InChI=1S/C22H19N3O/c1-25-20-11-8-17(22(26)23-18-9-10-18)13-19(20)21(24-25)16-7-6-14-4-2-3-5-15(14)12-16/h2-8,11-13,18H,9-10H2,1H3,(H,23,26). The Morgan fingerprint density at radius 1 is 1.04 bits per heavy atom. The van der Waals surface area contributed by atoms with Crippen LogP contribution in [0, 0.1) is 0 Å². The highest BCUT2D eigenvalue weighted by molar-refractivity contribution is 6.02. The first kappa shape index (κ1) is 15.1. The number of nitrogens with one attached hydrogen (secondary N) is 1. The van der Waals surface area contributed by atoms with E-state index in [1.807, 2.05) is 42.1 Å². The molecule has 4 heteroatoms. The van der Waals surface area contributed by atoms with Crippen molar-refractivity contribution in [2.75, 3.05) is 0 Å². The zero-order valence-corrected chi connectivity index (χ0v) is 14.6. The summed E-state index contributed by atoms with van der Waals surface area (Å²) in [6, 6.07) is 20.9. The topological polar surface area (TPSA) is 46.9 Å². The smallest absolute Gasteiger partial charge is 0.251 e. The largest absolute Gasteiger partial charge is 0.349 e. The van der Waals surface area contributed by atoms with E-state index in [2.05, 4.69) is 35.6 Å². The summed E-state index contributed by atoms with van der Waals surface area (Å²) in [6.45, 7) is 0. The maximum absolute atomic E-state index is 12.4. The molecule has 128 valence electrons. The number of hydrogen-bond acceptors (Lipinski definition) is 2. The van der Waals surface area contributed by atoms with Gasteiger partial charge in [0.05, 0.1) is 5.52 Å². The van der Waals surface area contributed by atoms with E-state index in [0.29, 0.717) is 11.6 Å². The Balaban J connectivity index is 1.64. The molecule has 0 aliphatic heterocycles. The van der Waals surface area contributed by atoms with Gasteiger partial charge in [0.15, 0.2) is 0 Å². The van der Waals surface area contributed by atoms with Crippen LogP contribution in [0.2, 0.25) is 0 Å². The van der Waals surface area contributed by atoms with Crippen LogP contribution in [0.4, 0.5) is 0 Å². The van der Waals surface area contributed by atoms with Gasteiger partial charge in [0.1, 0.15) is 5.69 Å². The minimum Gasteiger partial charge on any atom is -0.349 e. The predicted molar refractivity (Wildman–Crippen MR) is 104 cm³/mol. The number of benzene rings is 3. The lowest BCUT2D eigenvalue weighted by atomic mass is 10.0. The fourth-order valence-corrected chi connectivity index (χ4v) is 3.45. The quantitative estimate of drug-likeness (QED) is 0.604. The summed E-state index contributed by atoms with van der Waals surface area (Å²) in [4.78, 5) is 12.4. The molecule has 1 heterocycles. The van der Waals surface area contributed by atoms with Gasteiger partial charge in [-0.2, -0.15) is 5.10 Å². The highest BCUT2D eigenvalue weighted by atomic mass is 16.1. The summed E-state index contributed by atoms with van der Waals surface area (Å²) in [5, 5.41) is 11.2. The minimum absolute atomic E-state index is 0.00251. The van der Waals surface area contributed by atoms with E-state index in [9.17, 15) is 4.79 Å². The Morgan fingerprint density at radius 3 is 2.65 bits per heavy atom. The van der Waals surface area contributed by atoms with Crippen LogP contribution < -0.4 is 5.32 Å². The third-order valence-electron chi connectivity index (χ3n) is 5.05. The number of aromatic nitrogens is 2. The summed E-state index contributed by atoms with van der Waals surface area (Å²) in [5.74, 6) is 0.00251. The van der Waals surface area contributed by atoms with Gasteiger partial charge in [0, 0.05) is 29.6 Å². The van der Waals surface area contributed by atoms with Crippen LogP contribution in [0.3, 0.4) is 0 Å². The zero-order valence-electron chi connectivity index (χ0n) is 14.6. The van der Waals surface area contributed by atoms with Crippen molar-refractivity contribution in [3.8, 4) is 11.3 Å². The normalized spacial score (nSPS) is 14.0. The number of carbonyl (C=O) groups is 1. The van der Waals surface area contributed by atoms with Gasteiger partial charge in [-0.15, -0.1) is 0 Å². The highest BCUT2D eigenvalue weighted by Gasteiger charge is 2.24. The molecule has 5 rings (SSSR count). The number of nitrogens with zero attached hydrogens (tertiary/aromatic N) is 2. The Kier molecular flexibility index (Phi) is 3.32. The minimum atomic E-state index is 0.00251. The van der Waals surface area contributed by atoms with Gasteiger partial charge in [-0.25, -0.2) is 0 Å². The third kappa shape index (κ3) is 2.54. The number of carbonyl (C=O) groups excluding carboxylic acids is 1. The second-order valence-corrected chi connectivity index (χ2v) is 7.01. The summed E-state index contributed by atoms with van der Waals surface area (Å²) in [7, 11) is 1.94. The fraction of sp³-hybridized carbons (Fsp3) is 0.182. The van der Waals surface area contributed by atoms with Gasteiger partial charge in [-0.1, -0.05) is 36.4 Å². The molecule has 1 aliphatic rings. The van der Waals surface area contributed by atoms with Crippen molar-refractivity contribution < 1.29 is 4.79 Å². The lowest BCUT2D eigenvalue weighted by Crippen LogP contribution is -2.25. The molecular formula is C22H19N3O. The van der Waals surface area contributed by atoms with Gasteiger partial charge in [0.2, 0.25) is 0 Å².